The highest BCUT2D eigenvalue weighted by atomic mass is 16.5. The summed E-state index contributed by atoms with van der Waals surface area (Å²) >= 11 is 0. The minimum atomic E-state index is -0.786. The number of aliphatic carboxylic acids is 1. The van der Waals surface area contributed by atoms with Gasteiger partial charge in [0.1, 0.15) is 0 Å². The van der Waals surface area contributed by atoms with Crippen LogP contribution in [0, 0.1) is 5.92 Å². The zero-order valence-corrected chi connectivity index (χ0v) is 11.9. The van der Waals surface area contributed by atoms with Crippen molar-refractivity contribution < 1.29 is 19.4 Å². The Hall–Kier alpha value is -0.610. The molecule has 0 heterocycles. The number of carboxylic acids is 1. The van der Waals surface area contributed by atoms with E-state index in [1.165, 1.54) is 0 Å². The number of carbonyl (C=O) groups is 1. The molecule has 0 saturated heterocycles. The highest BCUT2D eigenvalue weighted by molar-refractivity contribution is 5.67. The van der Waals surface area contributed by atoms with E-state index in [2.05, 4.69) is 0 Å². The molecule has 1 atom stereocenters. The van der Waals surface area contributed by atoms with Crippen LogP contribution in [0.1, 0.15) is 47.5 Å². The molecule has 0 saturated carbocycles. The third-order valence-corrected chi connectivity index (χ3v) is 3.40. The lowest BCUT2D eigenvalue weighted by atomic mass is 9.89. The van der Waals surface area contributed by atoms with E-state index in [0.29, 0.717) is 6.61 Å². The Morgan fingerprint density at radius 2 is 1.82 bits per heavy atom. The van der Waals surface area contributed by atoms with E-state index in [1.807, 2.05) is 34.6 Å². The number of ether oxygens (including phenoxy) is 2. The number of carboxylic acid groups (broad SMARTS) is 1. The van der Waals surface area contributed by atoms with Gasteiger partial charge in [-0.15, -0.1) is 0 Å². The number of rotatable bonds is 8. The summed E-state index contributed by atoms with van der Waals surface area (Å²) in [4.78, 5) is 10.7. The van der Waals surface area contributed by atoms with Crippen LogP contribution >= 0.6 is 0 Å². The monoisotopic (exact) mass is 246 g/mol. The molecular weight excluding hydrogens is 220 g/mol. The van der Waals surface area contributed by atoms with Gasteiger partial charge in [0.15, 0.2) is 0 Å². The zero-order valence-electron chi connectivity index (χ0n) is 11.9. The smallest absolute Gasteiger partial charge is 0.303 e. The van der Waals surface area contributed by atoms with Crippen LogP contribution in [0.15, 0.2) is 0 Å². The van der Waals surface area contributed by atoms with E-state index in [9.17, 15) is 4.79 Å². The maximum Gasteiger partial charge on any atom is 0.303 e. The molecule has 0 aliphatic heterocycles. The van der Waals surface area contributed by atoms with Gasteiger partial charge in [-0.2, -0.15) is 0 Å². The van der Waals surface area contributed by atoms with E-state index < -0.39 is 11.6 Å². The van der Waals surface area contributed by atoms with Gasteiger partial charge < -0.3 is 14.6 Å². The Labute approximate surface area is 104 Å². The summed E-state index contributed by atoms with van der Waals surface area (Å²) in [6.45, 7) is 10.3. The molecule has 0 fully saturated rings. The zero-order chi connectivity index (χ0) is 13.7. The van der Waals surface area contributed by atoms with Crippen LogP contribution in [0.4, 0.5) is 0 Å². The van der Waals surface area contributed by atoms with Gasteiger partial charge in [-0.05, 0) is 40.0 Å². The molecule has 17 heavy (non-hydrogen) atoms. The highest BCUT2D eigenvalue weighted by Gasteiger charge is 2.29. The SMILES string of the molecule is COC(C)(C)CCOC(C)(C)C(C)CC(=O)O. The van der Waals surface area contributed by atoms with Crippen LogP contribution in [0.25, 0.3) is 0 Å². The first kappa shape index (κ1) is 16.4. The summed E-state index contributed by atoms with van der Waals surface area (Å²) in [5.74, 6) is -0.808. The first-order valence-corrected chi connectivity index (χ1v) is 6.01. The molecule has 0 aromatic carbocycles. The second-order valence-electron chi connectivity index (χ2n) is 5.66. The average Bonchev–Trinajstić information content (AvgIpc) is 2.16. The average molecular weight is 246 g/mol. The molecule has 0 amide bonds. The van der Waals surface area contributed by atoms with Gasteiger partial charge in [-0.3, -0.25) is 4.79 Å². The van der Waals surface area contributed by atoms with Crippen molar-refractivity contribution in [2.45, 2.75) is 58.7 Å². The van der Waals surface area contributed by atoms with Crippen LogP contribution in [-0.4, -0.2) is 36.0 Å². The van der Waals surface area contributed by atoms with Gasteiger partial charge in [0.25, 0.3) is 0 Å². The molecule has 1 unspecified atom stereocenters. The van der Waals surface area contributed by atoms with Crippen LogP contribution in [0.5, 0.6) is 0 Å². The van der Waals surface area contributed by atoms with Crippen molar-refractivity contribution in [2.24, 2.45) is 5.92 Å². The Balaban J connectivity index is 4.13. The lowest BCUT2D eigenvalue weighted by molar-refractivity contribution is -0.142. The van der Waals surface area contributed by atoms with Gasteiger partial charge in [0.2, 0.25) is 0 Å². The normalized spacial score (nSPS) is 14.7. The fraction of sp³-hybridized carbons (Fsp3) is 0.923. The molecule has 0 rings (SSSR count). The molecule has 4 heteroatoms. The summed E-state index contributed by atoms with van der Waals surface area (Å²) in [7, 11) is 1.68. The van der Waals surface area contributed by atoms with E-state index >= 15 is 0 Å². The first-order valence-electron chi connectivity index (χ1n) is 6.01. The van der Waals surface area contributed by atoms with Crippen molar-refractivity contribution in [1.82, 2.24) is 0 Å². The number of hydrogen-bond donors (Lipinski definition) is 1. The maximum absolute atomic E-state index is 10.7. The predicted molar refractivity (Wildman–Crippen MR) is 67.2 cm³/mol. The molecule has 0 radical (unpaired) electrons. The second kappa shape index (κ2) is 6.36. The first-order chi connectivity index (χ1) is 7.60. The molecule has 0 aromatic heterocycles. The minimum absolute atomic E-state index is 0.0225. The quantitative estimate of drug-likeness (QED) is 0.715. The molecule has 4 nitrogen and oxygen atoms in total. The van der Waals surface area contributed by atoms with Crippen LogP contribution in [0.2, 0.25) is 0 Å². The summed E-state index contributed by atoms with van der Waals surface area (Å²) < 4.78 is 11.1. The van der Waals surface area contributed by atoms with Gasteiger partial charge in [0, 0.05) is 7.11 Å². The maximum atomic E-state index is 10.7. The molecule has 0 aliphatic rings. The highest BCUT2D eigenvalue weighted by Crippen LogP contribution is 2.25. The molecular formula is C13H26O4. The van der Waals surface area contributed by atoms with Crippen LogP contribution < -0.4 is 0 Å². The van der Waals surface area contributed by atoms with Gasteiger partial charge >= 0.3 is 5.97 Å². The molecule has 0 aliphatic carbocycles. The fourth-order valence-electron chi connectivity index (χ4n) is 1.31. The van der Waals surface area contributed by atoms with Crippen molar-refractivity contribution in [2.75, 3.05) is 13.7 Å². The lowest BCUT2D eigenvalue weighted by Crippen LogP contribution is -2.36. The summed E-state index contributed by atoms with van der Waals surface area (Å²) in [6, 6.07) is 0. The van der Waals surface area contributed by atoms with Crippen molar-refractivity contribution in [3.63, 3.8) is 0 Å². The lowest BCUT2D eigenvalue weighted by Gasteiger charge is -2.33. The van der Waals surface area contributed by atoms with E-state index in [4.69, 9.17) is 14.6 Å². The van der Waals surface area contributed by atoms with Gasteiger partial charge in [0.05, 0.1) is 24.2 Å². The fourth-order valence-corrected chi connectivity index (χ4v) is 1.31. The van der Waals surface area contributed by atoms with Crippen LogP contribution in [-0.2, 0) is 14.3 Å². The van der Waals surface area contributed by atoms with Gasteiger partial charge in [-0.1, -0.05) is 6.92 Å². The minimum Gasteiger partial charge on any atom is -0.481 e. The van der Waals surface area contributed by atoms with E-state index in [0.717, 1.165) is 6.42 Å². The number of hydrogen-bond acceptors (Lipinski definition) is 3. The molecule has 0 spiro atoms. The van der Waals surface area contributed by atoms with E-state index in [1.54, 1.807) is 7.11 Å². The summed E-state index contributed by atoms with van der Waals surface area (Å²) in [6.07, 6.45) is 0.910. The third kappa shape index (κ3) is 6.64. The molecule has 0 aromatic rings. The largest absolute Gasteiger partial charge is 0.481 e. The topological polar surface area (TPSA) is 55.8 Å². The van der Waals surface area contributed by atoms with Crippen molar-refractivity contribution in [3.8, 4) is 0 Å². The Kier molecular flexibility index (Phi) is 6.13. The Morgan fingerprint density at radius 3 is 2.24 bits per heavy atom. The Morgan fingerprint density at radius 1 is 1.29 bits per heavy atom. The third-order valence-electron chi connectivity index (χ3n) is 3.40. The van der Waals surface area contributed by atoms with Crippen molar-refractivity contribution >= 4 is 5.97 Å². The second-order valence-corrected chi connectivity index (χ2v) is 5.66. The molecule has 0 bridgehead atoms. The van der Waals surface area contributed by atoms with Gasteiger partial charge in [-0.25, -0.2) is 0 Å². The van der Waals surface area contributed by atoms with Crippen molar-refractivity contribution in [1.29, 1.82) is 0 Å². The number of methoxy groups -OCH3 is 1. The molecule has 1 N–H and O–H groups in total. The Bertz CT molecular complexity index is 246. The summed E-state index contributed by atoms with van der Waals surface area (Å²) in [5, 5.41) is 8.76. The van der Waals surface area contributed by atoms with Crippen molar-refractivity contribution in [3.05, 3.63) is 0 Å². The van der Waals surface area contributed by atoms with E-state index in [-0.39, 0.29) is 17.9 Å². The predicted octanol–water partition coefficient (Wildman–Crippen LogP) is 2.71. The standard InChI is InChI=1S/C13H26O4/c1-10(9-11(14)15)13(4,5)17-8-7-12(2,3)16-6/h10H,7-9H2,1-6H3,(H,14,15). The van der Waals surface area contributed by atoms with Crippen LogP contribution in [0.3, 0.4) is 0 Å². The summed E-state index contributed by atoms with van der Waals surface area (Å²) in [5.41, 5.74) is -0.631. The molecule has 102 valence electrons.